The molecule has 0 atom stereocenters. The molecule has 1 amide bonds. The second-order valence-electron chi connectivity index (χ2n) is 5.49. The van der Waals surface area contributed by atoms with E-state index in [0.717, 1.165) is 25.9 Å². The number of hydrogen-bond donors (Lipinski definition) is 2. The van der Waals surface area contributed by atoms with Crippen LogP contribution in [0, 0.1) is 0 Å². The van der Waals surface area contributed by atoms with Gasteiger partial charge in [-0.05, 0) is 74.8 Å². The highest BCUT2D eigenvalue weighted by Crippen LogP contribution is 2.21. The molecule has 0 aliphatic carbocycles. The van der Waals surface area contributed by atoms with E-state index in [0.29, 0.717) is 6.54 Å². The number of carbonyl (C=O) groups is 1. The molecule has 0 saturated heterocycles. The maximum absolute atomic E-state index is 11.4. The summed E-state index contributed by atoms with van der Waals surface area (Å²) in [5.41, 5.74) is -0.433. The van der Waals surface area contributed by atoms with Gasteiger partial charge in [0.1, 0.15) is 5.60 Å². The summed E-state index contributed by atoms with van der Waals surface area (Å²) in [5, 5.41) is 6.11. The smallest absolute Gasteiger partial charge is 0.407 e. The molecule has 0 fully saturated rings. The van der Waals surface area contributed by atoms with Crippen LogP contribution in [0.1, 0.15) is 32.1 Å². The molecule has 1 aromatic heterocycles. The van der Waals surface area contributed by atoms with E-state index in [4.69, 9.17) is 4.74 Å². The summed E-state index contributed by atoms with van der Waals surface area (Å²) in [6.45, 7) is 8.05. The third-order valence-electron chi connectivity index (χ3n) is 2.38. The van der Waals surface area contributed by atoms with Gasteiger partial charge in [0, 0.05) is 11.4 Å². The minimum atomic E-state index is -0.433. The first kappa shape index (κ1) is 17.5. The number of alkyl carbamates (subject to hydrolysis) is 1. The van der Waals surface area contributed by atoms with Crippen LogP contribution < -0.4 is 10.6 Å². The van der Waals surface area contributed by atoms with Crippen molar-refractivity contribution in [2.75, 3.05) is 19.6 Å². The Balaban J connectivity index is 1.96. The molecule has 0 spiro atoms. The molecule has 1 rings (SSSR count). The molecule has 1 aromatic rings. The van der Waals surface area contributed by atoms with Gasteiger partial charge >= 0.3 is 6.09 Å². The highest BCUT2D eigenvalue weighted by molar-refractivity contribution is 9.11. The number of carbonyl (C=O) groups excluding carboxylic acids is 1. The van der Waals surface area contributed by atoms with E-state index >= 15 is 0 Å². The number of halogens is 1. The summed E-state index contributed by atoms with van der Waals surface area (Å²) < 4.78 is 6.33. The van der Waals surface area contributed by atoms with Gasteiger partial charge in [0.25, 0.3) is 0 Å². The van der Waals surface area contributed by atoms with Crippen LogP contribution in [0.15, 0.2) is 15.9 Å². The highest BCUT2D eigenvalue weighted by Gasteiger charge is 2.15. The van der Waals surface area contributed by atoms with Crippen molar-refractivity contribution in [1.82, 2.24) is 10.6 Å². The van der Waals surface area contributed by atoms with E-state index in [1.807, 2.05) is 20.8 Å². The third-order valence-corrected chi connectivity index (χ3v) is 4.06. The second kappa shape index (κ2) is 8.64. The lowest BCUT2D eigenvalue weighted by Crippen LogP contribution is -2.34. The quantitative estimate of drug-likeness (QED) is 0.729. The van der Waals surface area contributed by atoms with Crippen LogP contribution >= 0.6 is 27.3 Å². The molecule has 2 N–H and O–H groups in total. The van der Waals surface area contributed by atoms with Crippen molar-refractivity contribution in [3.63, 3.8) is 0 Å². The summed E-state index contributed by atoms with van der Waals surface area (Å²) in [5.74, 6) is 0. The molecule has 20 heavy (non-hydrogen) atoms. The number of hydrogen-bond acceptors (Lipinski definition) is 4. The standard InChI is InChI=1S/C14H23BrN2O2S/c1-14(2,3)19-13(18)17-9-4-8-16-10-7-11-5-6-12(15)20-11/h5-6,16H,4,7-10H2,1-3H3,(H,17,18). The van der Waals surface area contributed by atoms with Crippen LogP contribution in [-0.4, -0.2) is 31.3 Å². The predicted octanol–water partition coefficient (Wildman–Crippen LogP) is 3.56. The fourth-order valence-electron chi connectivity index (χ4n) is 1.54. The molecule has 6 heteroatoms. The number of amides is 1. The Bertz CT molecular complexity index is 416. The summed E-state index contributed by atoms with van der Waals surface area (Å²) in [7, 11) is 0. The van der Waals surface area contributed by atoms with Crippen molar-refractivity contribution in [2.45, 2.75) is 39.2 Å². The number of nitrogens with one attached hydrogen (secondary N) is 2. The van der Waals surface area contributed by atoms with Gasteiger partial charge in [0.2, 0.25) is 0 Å². The lowest BCUT2D eigenvalue weighted by atomic mass is 10.2. The van der Waals surface area contributed by atoms with Gasteiger partial charge in [-0.2, -0.15) is 0 Å². The first-order valence-electron chi connectivity index (χ1n) is 6.78. The second-order valence-corrected chi connectivity index (χ2v) is 8.04. The van der Waals surface area contributed by atoms with E-state index in [1.165, 1.54) is 8.66 Å². The van der Waals surface area contributed by atoms with Gasteiger partial charge in [-0.3, -0.25) is 0 Å². The zero-order valence-electron chi connectivity index (χ0n) is 12.3. The Morgan fingerprint density at radius 3 is 2.65 bits per heavy atom. The fourth-order valence-corrected chi connectivity index (χ4v) is 3.02. The first-order valence-corrected chi connectivity index (χ1v) is 8.39. The average molecular weight is 363 g/mol. The van der Waals surface area contributed by atoms with Crippen LogP contribution in [-0.2, 0) is 11.2 Å². The van der Waals surface area contributed by atoms with Gasteiger partial charge in [-0.25, -0.2) is 4.79 Å². The topological polar surface area (TPSA) is 50.4 Å². The summed E-state index contributed by atoms with van der Waals surface area (Å²) in [6.07, 6.45) is 1.59. The molecule has 114 valence electrons. The molecule has 0 aromatic carbocycles. The molecule has 1 heterocycles. The van der Waals surface area contributed by atoms with Crippen molar-refractivity contribution in [2.24, 2.45) is 0 Å². The molecule has 4 nitrogen and oxygen atoms in total. The van der Waals surface area contributed by atoms with E-state index in [1.54, 1.807) is 11.3 Å². The zero-order valence-corrected chi connectivity index (χ0v) is 14.7. The van der Waals surface area contributed by atoms with Crippen molar-refractivity contribution in [3.05, 3.63) is 20.8 Å². The summed E-state index contributed by atoms with van der Waals surface area (Å²) in [6, 6.07) is 4.21. The molecular formula is C14H23BrN2O2S. The summed E-state index contributed by atoms with van der Waals surface area (Å²) in [4.78, 5) is 12.7. The maximum atomic E-state index is 11.4. The Labute approximate surface area is 133 Å². The monoisotopic (exact) mass is 362 g/mol. The van der Waals surface area contributed by atoms with Crippen LogP contribution in [0.5, 0.6) is 0 Å². The maximum Gasteiger partial charge on any atom is 0.407 e. The van der Waals surface area contributed by atoms with E-state index in [2.05, 4.69) is 38.7 Å². The van der Waals surface area contributed by atoms with E-state index in [9.17, 15) is 4.79 Å². The highest BCUT2D eigenvalue weighted by atomic mass is 79.9. The van der Waals surface area contributed by atoms with Crippen molar-refractivity contribution in [1.29, 1.82) is 0 Å². The third kappa shape index (κ3) is 8.55. The van der Waals surface area contributed by atoms with Gasteiger partial charge in [-0.15, -0.1) is 11.3 Å². The van der Waals surface area contributed by atoms with Crippen molar-refractivity contribution >= 4 is 33.4 Å². The Kier molecular flexibility index (Phi) is 7.55. The molecule has 0 aliphatic rings. The van der Waals surface area contributed by atoms with Crippen LogP contribution in [0.4, 0.5) is 4.79 Å². The molecule has 0 unspecified atom stereocenters. The van der Waals surface area contributed by atoms with Gasteiger partial charge in [0.15, 0.2) is 0 Å². The Morgan fingerprint density at radius 1 is 1.30 bits per heavy atom. The Hall–Kier alpha value is -0.590. The van der Waals surface area contributed by atoms with Gasteiger partial charge in [-0.1, -0.05) is 0 Å². The van der Waals surface area contributed by atoms with Crippen molar-refractivity contribution in [3.8, 4) is 0 Å². The minimum Gasteiger partial charge on any atom is -0.444 e. The number of rotatable bonds is 7. The predicted molar refractivity (Wildman–Crippen MR) is 87.4 cm³/mol. The first-order chi connectivity index (χ1) is 9.37. The molecule has 0 radical (unpaired) electrons. The number of thiophene rings is 1. The average Bonchev–Trinajstić information content (AvgIpc) is 2.71. The van der Waals surface area contributed by atoms with Gasteiger partial charge in [0.05, 0.1) is 3.79 Å². The molecular weight excluding hydrogens is 340 g/mol. The molecule has 0 saturated carbocycles. The largest absolute Gasteiger partial charge is 0.444 e. The van der Waals surface area contributed by atoms with E-state index < -0.39 is 5.60 Å². The zero-order chi connectivity index (χ0) is 15.0. The van der Waals surface area contributed by atoms with Crippen molar-refractivity contribution < 1.29 is 9.53 Å². The lowest BCUT2D eigenvalue weighted by Gasteiger charge is -2.19. The Morgan fingerprint density at radius 2 is 2.05 bits per heavy atom. The molecule has 0 bridgehead atoms. The van der Waals surface area contributed by atoms with Gasteiger partial charge < -0.3 is 15.4 Å². The van der Waals surface area contributed by atoms with Crippen LogP contribution in [0.2, 0.25) is 0 Å². The lowest BCUT2D eigenvalue weighted by molar-refractivity contribution is 0.0527. The normalized spacial score (nSPS) is 11.4. The summed E-state index contributed by atoms with van der Waals surface area (Å²) >= 11 is 5.22. The van der Waals surface area contributed by atoms with Crippen LogP contribution in [0.25, 0.3) is 0 Å². The van der Waals surface area contributed by atoms with E-state index in [-0.39, 0.29) is 6.09 Å². The SMILES string of the molecule is CC(C)(C)OC(=O)NCCCNCCc1ccc(Br)s1. The fraction of sp³-hybridized carbons (Fsp3) is 0.643. The number of ether oxygens (including phenoxy) is 1. The molecule has 0 aliphatic heterocycles. The minimum absolute atomic E-state index is 0.346. The van der Waals surface area contributed by atoms with Crippen LogP contribution in [0.3, 0.4) is 0 Å².